The lowest BCUT2D eigenvalue weighted by Gasteiger charge is -2.28. The number of likely N-dealkylation sites (tertiary alicyclic amines) is 1. The Labute approximate surface area is 167 Å². The molecular weight excluding hydrogens is 352 g/mol. The van der Waals surface area contributed by atoms with Crippen molar-refractivity contribution in [2.24, 2.45) is 0 Å². The summed E-state index contributed by atoms with van der Waals surface area (Å²) in [5.41, 5.74) is 1.24. The molecule has 5 nitrogen and oxygen atoms in total. The van der Waals surface area contributed by atoms with Crippen molar-refractivity contribution in [2.75, 3.05) is 32.8 Å². The molecule has 0 saturated carbocycles. The molecule has 1 fully saturated rings. The standard InChI is InChI=1S/C23H30N2O3/c1-2-16-27-20-10-12-21(13-11-20)28-18-23(26)24-17-22(25-14-6-7-15-25)19-8-4-3-5-9-19/h3-5,8-13,22H,2,6-7,14-18H2,1H3,(H,24,26). The molecule has 0 aromatic heterocycles. The van der Waals surface area contributed by atoms with Crippen molar-refractivity contribution in [2.45, 2.75) is 32.2 Å². The normalized spacial score (nSPS) is 15.2. The van der Waals surface area contributed by atoms with E-state index >= 15 is 0 Å². The fourth-order valence-electron chi connectivity index (χ4n) is 3.45. The summed E-state index contributed by atoms with van der Waals surface area (Å²) in [5.74, 6) is 1.37. The lowest BCUT2D eigenvalue weighted by molar-refractivity contribution is -0.123. The van der Waals surface area contributed by atoms with Gasteiger partial charge in [-0.15, -0.1) is 0 Å². The first-order valence-corrected chi connectivity index (χ1v) is 10.2. The third-order valence-corrected chi connectivity index (χ3v) is 4.92. The molecule has 1 atom stereocenters. The summed E-state index contributed by atoms with van der Waals surface area (Å²) in [6, 6.07) is 18.0. The molecule has 1 aliphatic rings. The van der Waals surface area contributed by atoms with Gasteiger partial charge in [-0.3, -0.25) is 9.69 Å². The van der Waals surface area contributed by atoms with Crippen LogP contribution in [0.25, 0.3) is 0 Å². The van der Waals surface area contributed by atoms with Crippen LogP contribution in [0.1, 0.15) is 37.8 Å². The van der Waals surface area contributed by atoms with E-state index in [1.54, 1.807) is 0 Å². The molecule has 0 spiro atoms. The maximum absolute atomic E-state index is 12.3. The fraction of sp³-hybridized carbons (Fsp3) is 0.435. The number of hydrogen-bond donors (Lipinski definition) is 1. The van der Waals surface area contributed by atoms with Crippen LogP contribution in [0, 0.1) is 0 Å². The number of rotatable bonds is 10. The molecule has 1 aliphatic heterocycles. The smallest absolute Gasteiger partial charge is 0.258 e. The van der Waals surface area contributed by atoms with Crippen molar-refractivity contribution in [3.63, 3.8) is 0 Å². The number of nitrogens with one attached hydrogen (secondary N) is 1. The van der Waals surface area contributed by atoms with E-state index in [0.717, 1.165) is 25.3 Å². The SMILES string of the molecule is CCCOc1ccc(OCC(=O)NCC(c2ccccc2)N2CCCC2)cc1. The lowest BCUT2D eigenvalue weighted by atomic mass is 10.1. The number of hydrogen-bond acceptors (Lipinski definition) is 4. The molecule has 1 N–H and O–H groups in total. The topological polar surface area (TPSA) is 50.8 Å². The van der Waals surface area contributed by atoms with Gasteiger partial charge in [-0.2, -0.15) is 0 Å². The van der Waals surface area contributed by atoms with E-state index in [1.807, 2.05) is 30.3 Å². The zero-order chi connectivity index (χ0) is 19.6. The van der Waals surface area contributed by atoms with Crippen LogP contribution >= 0.6 is 0 Å². The van der Waals surface area contributed by atoms with Crippen molar-refractivity contribution in [3.8, 4) is 11.5 Å². The molecular formula is C23H30N2O3. The Morgan fingerprint density at radius 2 is 1.64 bits per heavy atom. The Balaban J connectivity index is 1.48. The van der Waals surface area contributed by atoms with Gasteiger partial charge in [-0.1, -0.05) is 37.3 Å². The van der Waals surface area contributed by atoms with Crippen molar-refractivity contribution in [3.05, 3.63) is 60.2 Å². The molecule has 1 unspecified atom stereocenters. The predicted molar refractivity (Wildman–Crippen MR) is 111 cm³/mol. The molecule has 1 saturated heterocycles. The number of carbonyl (C=O) groups is 1. The largest absolute Gasteiger partial charge is 0.494 e. The van der Waals surface area contributed by atoms with Gasteiger partial charge in [0.1, 0.15) is 11.5 Å². The third kappa shape index (κ3) is 5.99. The third-order valence-electron chi connectivity index (χ3n) is 4.92. The molecule has 28 heavy (non-hydrogen) atoms. The highest BCUT2D eigenvalue weighted by atomic mass is 16.5. The Hall–Kier alpha value is -2.53. The highest BCUT2D eigenvalue weighted by molar-refractivity contribution is 5.77. The molecule has 2 aromatic carbocycles. The van der Waals surface area contributed by atoms with Crippen LogP contribution in [0.3, 0.4) is 0 Å². The second kappa shape index (κ2) is 10.7. The number of amides is 1. The summed E-state index contributed by atoms with van der Waals surface area (Å²) in [6.07, 6.45) is 3.41. The number of carbonyl (C=O) groups excluding carboxylic acids is 1. The summed E-state index contributed by atoms with van der Waals surface area (Å²) in [4.78, 5) is 14.7. The van der Waals surface area contributed by atoms with Gasteiger partial charge in [0.05, 0.1) is 12.6 Å². The highest BCUT2D eigenvalue weighted by Crippen LogP contribution is 2.24. The number of ether oxygens (including phenoxy) is 2. The van der Waals surface area contributed by atoms with Gasteiger partial charge in [-0.05, 0) is 62.2 Å². The first-order chi connectivity index (χ1) is 13.8. The Morgan fingerprint density at radius 1 is 1.00 bits per heavy atom. The minimum Gasteiger partial charge on any atom is -0.494 e. The van der Waals surface area contributed by atoms with Crippen LogP contribution in [0.2, 0.25) is 0 Å². The monoisotopic (exact) mass is 382 g/mol. The van der Waals surface area contributed by atoms with E-state index in [9.17, 15) is 4.79 Å². The van der Waals surface area contributed by atoms with Crippen LogP contribution in [-0.4, -0.2) is 43.7 Å². The molecule has 1 heterocycles. The number of benzene rings is 2. The van der Waals surface area contributed by atoms with Crippen LogP contribution < -0.4 is 14.8 Å². The van der Waals surface area contributed by atoms with Gasteiger partial charge in [-0.25, -0.2) is 0 Å². The molecule has 150 valence electrons. The van der Waals surface area contributed by atoms with E-state index in [2.05, 4.69) is 41.4 Å². The van der Waals surface area contributed by atoms with Crippen molar-refractivity contribution in [1.82, 2.24) is 10.2 Å². The second-order valence-electron chi connectivity index (χ2n) is 7.08. The maximum atomic E-state index is 12.3. The highest BCUT2D eigenvalue weighted by Gasteiger charge is 2.23. The van der Waals surface area contributed by atoms with E-state index in [-0.39, 0.29) is 18.6 Å². The van der Waals surface area contributed by atoms with Crippen molar-refractivity contribution < 1.29 is 14.3 Å². The first kappa shape index (κ1) is 20.2. The first-order valence-electron chi connectivity index (χ1n) is 10.2. The van der Waals surface area contributed by atoms with Crippen molar-refractivity contribution >= 4 is 5.91 Å². The Morgan fingerprint density at radius 3 is 2.29 bits per heavy atom. The van der Waals surface area contributed by atoms with Crippen LogP contribution in [0.4, 0.5) is 0 Å². The second-order valence-corrected chi connectivity index (χ2v) is 7.08. The molecule has 1 amide bonds. The van der Waals surface area contributed by atoms with Crippen molar-refractivity contribution in [1.29, 1.82) is 0 Å². The van der Waals surface area contributed by atoms with Gasteiger partial charge < -0.3 is 14.8 Å². The van der Waals surface area contributed by atoms with E-state index in [0.29, 0.717) is 18.9 Å². The zero-order valence-corrected chi connectivity index (χ0v) is 16.6. The van der Waals surface area contributed by atoms with Gasteiger partial charge in [0.2, 0.25) is 0 Å². The maximum Gasteiger partial charge on any atom is 0.258 e. The predicted octanol–water partition coefficient (Wildman–Crippen LogP) is 3.81. The molecule has 0 bridgehead atoms. The van der Waals surface area contributed by atoms with Crippen LogP contribution in [0.15, 0.2) is 54.6 Å². The quantitative estimate of drug-likeness (QED) is 0.679. The molecule has 2 aromatic rings. The summed E-state index contributed by atoms with van der Waals surface area (Å²) in [6.45, 7) is 5.54. The minimum atomic E-state index is -0.105. The van der Waals surface area contributed by atoms with Crippen LogP contribution in [-0.2, 0) is 4.79 Å². The van der Waals surface area contributed by atoms with E-state index < -0.39 is 0 Å². The molecule has 0 radical (unpaired) electrons. The van der Waals surface area contributed by atoms with Crippen LogP contribution in [0.5, 0.6) is 11.5 Å². The van der Waals surface area contributed by atoms with E-state index in [1.165, 1.54) is 18.4 Å². The average Bonchev–Trinajstić information content (AvgIpc) is 3.27. The molecule has 5 heteroatoms. The zero-order valence-electron chi connectivity index (χ0n) is 16.6. The summed E-state index contributed by atoms with van der Waals surface area (Å²) in [7, 11) is 0. The van der Waals surface area contributed by atoms with Gasteiger partial charge in [0.15, 0.2) is 6.61 Å². The van der Waals surface area contributed by atoms with Gasteiger partial charge >= 0.3 is 0 Å². The fourth-order valence-corrected chi connectivity index (χ4v) is 3.45. The van der Waals surface area contributed by atoms with E-state index in [4.69, 9.17) is 9.47 Å². The summed E-state index contributed by atoms with van der Waals surface area (Å²) in [5, 5.41) is 3.04. The molecule has 0 aliphatic carbocycles. The summed E-state index contributed by atoms with van der Waals surface area (Å²) < 4.78 is 11.2. The lowest BCUT2D eigenvalue weighted by Crippen LogP contribution is -2.38. The average molecular weight is 383 g/mol. The van der Waals surface area contributed by atoms with Gasteiger partial charge in [0.25, 0.3) is 5.91 Å². The van der Waals surface area contributed by atoms with Gasteiger partial charge in [0, 0.05) is 6.54 Å². The Kier molecular flexibility index (Phi) is 7.73. The summed E-state index contributed by atoms with van der Waals surface area (Å²) >= 11 is 0. The molecule has 3 rings (SSSR count). The number of nitrogens with zero attached hydrogens (tertiary/aromatic N) is 1. The minimum absolute atomic E-state index is 0.0106. The Bertz CT molecular complexity index is 712.